The Morgan fingerprint density at radius 3 is 2.50 bits per heavy atom. The lowest BCUT2D eigenvalue weighted by Gasteiger charge is -2.22. The van der Waals surface area contributed by atoms with Crippen molar-refractivity contribution >= 4 is 0 Å². The van der Waals surface area contributed by atoms with E-state index in [1.165, 1.54) is 0 Å². The zero-order valence-corrected chi connectivity index (χ0v) is 7.00. The van der Waals surface area contributed by atoms with Crippen LogP contribution in [0.5, 0.6) is 0 Å². The predicted molar refractivity (Wildman–Crippen MR) is 40.8 cm³/mol. The monoisotopic (exact) mass is 147 g/mol. The number of ether oxygens (including phenoxy) is 1. The highest BCUT2D eigenvalue weighted by Gasteiger charge is 2.05. The molecule has 62 valence electrons. The molecule has 0 radical (unpaired) electrons. The highest BCUT2D eigenvalue weighted by atomic mass is 16.5. The first-order valence-electron chi connectivity index (χ1n) is 3.63. The summed E-state index contributed by atoms with van der Waals surface area (Å²) in [6, 6.07) is 0. The van der Waals surface area contributed by atoms with Gasteiger partial charge < -0.3 is 9.84 Å². The summed E-state index contributed by atoms with van der Waals surface area (Å²) in [5.74, 6) is 0. The molecule has 10 heavy (non-hydrogen) atoms. The van der Waals surface area contributed by atoms with Crippen molar-refractivity contribution in [3.05, 3.63) is 0 Å². The van der Waals surface area contributed by atoms with Crippen LogP contribution in [-0.4, -0.2) is 43.0 Å². The van der Waals surface area contributed by atoms with Gasteiger partial charge in [0.25, 0.3) is 0 Å². The lowest BCUT2D eigenvalue weighted by Crippen LogP contribution is -2.35. The first kappa shape index (κ1) is 9.88. The molecule has 3 nitrogen and oxygen atoms in total. The van der Waals surface area contributed by atoms with Gasteiger partial charge in [-0.15, -0.1) is 0 Å². The lowest BCUT2D eigenvalue weighted by molar-refractivity contribution is 0.00712. The smallest absolute Gasteiger partial charge is 0.104 e. The van der Waals surface area contributed by atoms with Crippen LogP contribution in [0.4, 0.5) is 0 Å². The van der Waals surface area contributed by atoms with Gasteiger partial charge in [0.2, 0.25) is 0 Å². The molecule has 0 saturated heterocycles. The van der Waals surface area contributed by atoms with Gasteiger partial charge in [0.1, 0.15) is 6.23 Å². The fraction of sp³-hybridized carbons (Fsp3) is 1.00. The first-order chi connectivity index (χ1) is 4.72. The number of rotatable bonds is 5. The van der Waals surface area contributed by atoms with E-state index < -0.39 is 0 Å². The average Bonchev–Trinajstić information content (AvgIpc) is 1.89. The Labute approximate surface area is 62.6 Å². The van der Waals surface area contributed by atoms with Gasteiger partial charge >= 0.3 is 0 Å². The SMILES string of the molecule is CCN(CCOC)C(C)O. The zero-order chi connectivity index (χ0) is 7.98. The van der Waals surface area contributed by atoms with E-state index in [-0.39, 0.29) is 6.23 Å². The van der Waals surface area contributed by atoms with Crippen LogP contribution in [0.3, 0.4) is 0 Å². The number of likely N-dealkylation sites (N-methyl/N-ethyl adjacent to an activating group) is 1. The average molecular weight is 147 g/mol. The summed E-state index contributed by atoms with van der Waals surface area (Å²) < 4.78 is 4.87. The minimum Gasteiger partial charge on any atom is -0.383 e. The molecule has 0 rings (SSSR count). The van der Waals surface area contributed by atoms with E-state index in [0.29, 0.717) is 6.61 Å². The van der Waals surface area contributed by atoms with Crippen molar-refractivity contribution in [2.24, 2.45) is 0 Å². The molecule has 0 aromatic rings. The van der Waals surface area contributed by atoms with Crippen molar-refractivity contribution in [3.63, 3.8) is 0 Å². The fourth-order valence-corrected chi connectivity index (χ4v) is 0.818. The van der Waals surface area contributed by atoms with Gasteiger partial charge in [-0.1, -0.05) is 6.92 Å². The van der Waals surface area contributed by atoms with Gasteiger partial charge in [0.15, 0.2) is 0 Å². The molecule has 0 aliphatic rings. The lowest BCUT2D eigenvalue weighted by atomic mass is 10.4. The molecule has 0 saturated carbocycles. The molecule has 1 atom stereocenters. The molecule has 1 unspecified atom stereocenters. The number of hydrogen-bond acceptors (Lipinski definition) is 3. The molecule has 0 bridgehead atoms. The van der Waals surface area contributed by atoms with Crippen molar-refractivity contribution in [2.75, 3.05) is 26.8 Å². The Hall–Kier alpha value is -0.120. The third kappa shape index (κ3) is 3.82. The molecule has 1 N–H and O–H groups in total. The van der Waals surface area contributed by atoms with E-state index in [1.54, 1.807) is 14.0 Å². The number of methoxy groups -OCH3 is 1. The molecule has 0 aromatic heterocycles. The summed E-state index contributed by atoms with van der Waals surface area (Å²) in [7, 11) is 1.66. The summed E-state index contributed by atoms with van der Waals surface area (Å²) in [4.78, 5) is 1.93. The molecular weight excluding hydrogens is 130 g/mol. The van der Waals surface area contributed by atoms with Gasteiger partial charge in [-0.3, -0.25) is 4.90 Å². The Balaban J connectivity index is 3.40. The third-order valence-corrected chi connectivity index (χ3v) is 1.52. The van der Waals surface area contributed by atoms with Gasteiger partial charge in [-0.05, 0) is 13.5 Å². The van der Waals surface area contributed by atoms with Crippen molar-refractivity contribution in [3.8, 4) is 0 Å². The zero-order valence-electron chi connectivity index (χ0n) is 7.00. The standard InChI is InChI=1S/C7H17NO2/c1-4-8(7(2)9)5-6-10-3/h7,9H,4-6H2,1-3H3. The van der Waals surface area contributed by atoms with E-state index >= 15 is 0 Å². The fourth-order valence-electron chi connectivity index (χ4n) is 0.818. The summed E-state index contributed by atoms with van der Waals surface area (Å²) in [5, 5.41) is 9.11. The van der Waals surface area contributed by atoms with Crippen molar-refractivity contribution < 1.29 is 9.84 Å². The topological polar surface area (TPSA) is 32.7 Å². The molecule has 0 fully saturated rings. The molecule has 0 aromatic carbocycles. The van der Waals surface area contributed by atoms with Crippen molar-refractivity contribution in [1.29, 1.82) is 0 Å². The highest BCUT2D eigenvalue weighted by molar-refractivity contribution is 4.53. The van der Waals surface area contributed by atoms with Gasteiger partial charge in [0, 0.05) is 13.7 Å². The maximum absolute atomic E-state index is 9.11. The molecule has 0 aliphatic heterocycles. The van der Waals surface area contributed by atoms with Crippen LogP contribution in [0.15, 0.2) is 0 Å². The van der Waals surface area contributed by atoms with E-state index in [9.17, 15) is 0 Å². The van der Waals surface area contributed by atoms with Gasteiger partial charge in [-0.2, -0.15) is 0 Å². The maximum atomic E-state index is 9.11. The van der Waals surface area contributed by atoms with Gasteiger partial charge in [-0.25, -0.2) is 0 Å². The maximum Gasteiger partial charge on any atom is 0.104 e. The number of nitrogens with zero attached hydrogens (tertiary/aromatic N) is 1. The van der Waals surface area contributed by atoms with Crippen LogP contribution < -0.4 is 0 Å². The summed E-state index contributed by atoms with van der Waals surface area (Å²) in [5.41, 5.74) is 0. The quantitative estimate of drug-likeness (QED) is 0.567. The molecule has 0 aliphatic carbocycles. The summed E-state index contributed by atoms with van der Waals surface area (Å²) >= 11 is 0. The molecule has 0 amide bonds. The third-order valence-electron chi connectivity index (χ3n) is 1.52. The summed E-state index contributed by atoms with van der Waals surface area (Å²) in [6.07, 6.45) is -0.361. The van der Waals surface area contributed by atoms with E-state index in [1.807, 2.05) is 11.8 Å². The Morgan fingerprint density at radius 1 is 1.60 bits per heavy atom. The minimum absolute atomic E-state index is 0.361. The molecule has 0 heterocycles. The molecular formula is C7H17NO2. The van der Waals surface area contributed by atoms with Crippen molar-refractivity contribution in [2.45, 2.75) is 20.1 Å². The highest BCUT2D eigenvalue weighted by Crippen LogP contribution is 1.92. The second-order valence-corrected chi connectivity index (χ2v) is 2.25. The normalized spacial score (nSPS) is 14.1. The number of aliphatic hydroxyl groups excluding tert-OH is 1. The largest absolute Gasteiger partial charge is 0.383 e. The van der Waals surface area contributed by atoms with Crippen molar-refractivity contribution in [1.82, 2.24) is 4.90 Å². The Bertz CT molecular complexity index is 76.0. The Morgan fingerprint density at radius 2 is 2.20 bits per heavy atom. The molecule has 3 heteroatoms. The number of hydrogen-bond donors (Lipinski definition) is 1. The van der Waals surface area contributed by atoms with Crippen LogP contribution in [0.25, 0.3) is 0 Å². The first-order valence-corrected chi connectivity index (χ1v) is 3.63. The van der Waals surface area contributed by atoms with E-state index in [4.69, 9.17) is 9.84 Å². The summed E-state index contributed by atoms with van der Waals surface area (Å²) in [6.45, 7) is 6.12. The van der Waals surface area contributed by atoms with Crippen LogP contribution in [0, 0.1) is 0 Å². The van der Waals surface area contributed by atoms with E-state index in [2.05, 4.69) is 0 Å². The predicted octanol–water partition coefficient (Wildman–Crippen LogP) is 0.293. The second kappa shape index (κ2) is 5.65. The number of aliphatic hydroxyl groups is 1. The van der Waals surface area contributed by atoms with Crippen LogP contribution in [0.1, 0.15) is 13.8 Å². The molecule has 0 spiro atoms. The van der Waals surface area contributed by atoms with Gasteiger partial charge in [0.05, 0.1) is 6.61 Å². The second-order valence-electron chi connectivity index (χ2n) is 2.25. The Kier molecular flexibility index (Phi) is 5.58. The van der Waals surface area contributed by atoms with E-state index in [0.717, 1.165) is 13.1 Å². The van der Waals surface area contributed by atoms with Crippen LogP contribution in [-0.2, 0) is 4.74 Å². The van der Waals surface area contributed by atoms with Crippen LogP contribution >= 0.6 is 0 Å². The minimum atomic E-state index is -0.361. The van der Waals surface area contributed by atoms with Crippen LogP contribution in [0.2, 0.25) is 0 Å².